The summed E-state index contributed by atoms with van der Waals surface area (Å²) in [5, 5.41) is 19.8. The maximum absolute atomic E-state index is 11.3. The van der Waals surface area contributed by atoms with Gasteiger partial charge in [-0.1, -0.05) is 13.3 Å². The second-order valence-electron chi connectivity index (χ2n) is 4.57. The number of rotatable bonds is 4. The van der Waals surface area contributed by atoms with Gasteiger partial charge in [-0.3, -0.25) is 4.79 Å². The molecule has 0 aliphatic carbocycles. The highest BCUT2D eigenvalue weighted by molar-refractivity contribution is 7.99. The molecule has 0 saturated carbocycles. The molecule has 1 fully saturated rings. The highest BCUT2D eigenvalue weighted by Gasteiger charge is 2.52. The van der Waals surface area contributed by atoms with Gasteiger partial charge in [0.05, 0.1) is 11.0 Å². The Labute approximate surface area is 95.3 Å². The SMILES string of the molecule is CCCC(C)(C(=O)O)C1(O)CCCSC1. The van der Waals surface area contributed by atoms with Gasteiger partial charge in [-0.15, -0.1) is 0 Å². The number of hydrogen-bond donors (Lipinski definition) is 2. The summed E-state index contributed by atoms with van der Waals surface area (Å²) in [5.41, 5.74) is -2.02. The zero-order valence-electron chi connectivity index (χ0n) is 9.45. The van der Waals surface area contributed by atoms with E-state index in [0.717, 1.165) is 18.6 Å². The molecule has 4 heteroatoms. The molecule has 2 unspecified atom stereocenters. The molecule has 0 spiro atoms. The van der Waals surface area contributed by atoms with E-state index in [9.17, 15) is 15.0 Å². The van der Waals surface area contributed by atoms with E-state index in [1.54, 1.807) is 18.7 Å². The molecule has 2 N–H and O–H groups in total. The van der Waals surface area contributed by atoms with E-state index >= 15 is 0 Å². The first-order valence-corrected chi connectivity index (χ1v) is 6.65. The molecule has 0 aromatic carbocycles. The summed E-state index contributed by atoms with van der Waals surface area (Å²) < 4.78 is 0. The van der Waals surface area contributed by atoms with Gasteiger partial charge in [0.1, 0.15) is 0 Å². The highest BCUT2D eigenvalue weighted by Crippen LogP contribution is 2.44. The van der Waals surface area contributed by atoms with Crippen molar-refractivity contribution in [2.45, 2.75) is 45.1 Å². The standard InChI is InChI=1S/C11H20O3S/c1-3-5-10(2,9(12)13)11(14)6-4-7-15-8-11/h14H,3-8H2,1-2H3,(H,12,13). The number of carboxylic acid groups (broad SMARTS) is 1. The number of carboxylic acids is 1. The highest BCUT2D eigenvalue weighted by atomic mass is 32.2. The van der Waals surface area contributed by atoms with Gasteiger partial charge in [0.25, 0.3) is 0 Å². The van der Waals surface area contributed by atoms with Crippen LogP contribution in [0.5, 0.6) is 0 Å². The van der Waals surface area contributed by atoms with Gasteiger partial charge < -0.3 is 10.2 Å². The molecule has 1 rings (SSSR count). The number of aliphatic hydroxyl groups is 1. The van der Waals surface area contributed by atoms with Gasteiger partial charge in [0.15, 0.2) is 0 Å². The first kappa shape index (κ1) is 12.8. The van der Waals surface area contributed by atoms with E-state index in [0.29, 0.717) is 18.6 Å². The molecule has 0 radical (unpaired) electrons. The molecule has 0 aromatic rings. The third-order valence-corrected chi connectivity index (χ3v) is 4.73. The smallest absolute Gasteiger partial charge is 0.312 e. The van der Waals surface area contributed by atoms with Crippen LogP contribution in [0.2, 0.25) is 0 Å². The first-order chi connectivity index (χ1) is 6.96. The van der Waals surface area contributed by atoms with Gasteiger partial charge in [-0.05, 0) is 31.9 Å². The molecule has 0 aromatic heterocycles. The van der Waals surface area contributed by atoms with Gasteiger partial charge in [-0.25, -0.2) is 0 Å². The molecule has 3 nitrogen and oxygen atoms in total. The van der Waals surface area contributed by atoms with E-state index < -0.39 is 17.0 Å². The van der Waals surface area contributed by atoms with E-state index in [1.165, 1.54) is 0 Å². The molecule has 88 valence electrons. The van der Waals surface area contributed by atoms with Gasteiger partial charge in [0, 0.05) is 5.75 Å². The maximum atomic E-state index is 11.3. The van der Waals surface area contributed by atoms with Crippen LogP contribution in [-0.4, -0.2) is 33.3 Å². The lowest BCUT2D eigenvalue weighted by molar-refractivity contribution is -0.166. The lowest BCUT2D eigenvalue weighted by atomic mass is 9.69. The Kier molecular flexibility index (Phi) is 4.06. The number of aliphatic carboxylic acids is 1. The largest absolute Gasteiger partial charge is 0.481 e. The number of hydrogen-bond acceptors (Lipinski definition) is 3. The van der Waals surface area contributed by atoms with Crippen LogP contribution >= 0.6 is 11.8 Å². The van der Waals surface area contributed by atoms with Gasteiger partial charge in [-0.2, -0.15) is 11.8 Å². The summed E-state index contributed by atoms with van der Waals surface area (Å²) in [6, 6.07) is 0. The predicted octanol–water partition coefficient (Wildman–Crippen LogP) is 2.14. The van der Waals surface area contributed by atoms with Crippen LogP contribution in [-0.2, 0) is 4.79 Å². The molecule has 0 bridgehead atoms. The van der Waals surface area contributed by atoms with Crippen LogP contribution in [0.1, 0.15) is 39.5 Å². The summed E-state index contributed by atoms with van der Waals surface area (Å²) in [7, 11) is 0. The van der Waals surface area contributed by atoms with Gasteiger partial charge in [0.2, 0.25) is 0 Å². The van der Waals surface area contributed by atoms with Crippen molar-refractivity contribution >= 4 is 17.7 Å². The molecule has 1 heterocycles. The Balaban J connectivity index is 2.90. The Morgan fingerprint density at radius 1 is 1.60 bits per heavy atom. The normalized spacial score (nSPS) is 30.9. The quantitative estimate of drug-likeness (QED) is 0.779. The topological polar surface area (TPSA) is 57.5 Å². The zero-order valence-corrected chi connectivity index (χ0v) is 10.3. The van der Waals surface area contributed by atoms with E-state index in [2.05, 4.69) is 0 Å². The minimum Gasteiger partial charge on any atom is -0.481 e. The van der Waals surface area contributed by atoms with Crippen molar-refractivity contribution in [3.05, 3.63) is 0 Å². The van der Waals surface area contributed by atoms with E-state index in [-0.39, 0.29) is 0 Å². The monoisotopic (exact) mass is 232 g/mol. The number of thioether (sulfide) groups is 1. The molecular formula is C11H20O3S. The van der Waals surface area contributed by atoms with Crippen molar-refractivity contribution < 1.29 is 15.0 Å². The summed E-state index contributed by atoms with van der Waals surface area (Å²) >= 11 is 1.66. The Morgan fingerprint density at radius 2 is 2.27 bits per heavy atom. The summed E-state index contributed by atoms with van der Waals surface area (Å²) in [4.78, 5) is 11.3. The Bertz CT molecular complexity index is 236. The molecule has 1 aliphatic rings. The number of carbonyl (C=O) groups is 1. The summed E-state index contributed by atoms with van der Waals surface area (Å²) in [6.45, 7) is 3.64. The van der Waals surface area contributed by atoms with Crippen molar-refractivity contribution in [3.63, 3.8) is 0 Å². The average Bonchev–Trinajstić information content (AvgIpc) is 2.18. The van der Waals surface area contributed by atoms with Crippen LogP contribution < -0.4 is 0 Å². The van der Waals surface area contributed by atoms with E-state index in [1.807, 2.05) is 6.92 Å². The molecule has 15 heavy (non-hydrogen) atoms. The predicted molar refractivity (Wildman–Crippen MR) is 62.2 cm³/mol. The third-order valence-electron chi connectivity index (χ3n) is 3.47. The lowest BCUT2D eigenvalue weighted by Gasteiger charge is -2.44. The minimum atomic E-state index is -1.03. The average molecular weight is 232 g/mol. The van der Waals surface area contributed by atoms with Crippen molar-refractivity contribution in [1.82, 2.24) is 0 Å². The second kappa shape index (κ2) is 4.74. The summed E-state index contributed by atoms with van der Waals surface area (Å²) in [5.74, 6) is 0.717. The van der Waals surface area contributed by atoms with Crippen LogP contribution in [0, 0.1) is 5.41 Å². The summed E-state index contributed by atoms with van der Waals surface area (Å²) in [6.07, 6.45) is 2.85. The molecule has 1 aliphatic heterocycles. The van der Waals surface area contributed by atoms with Crippen LogP contribution in [0.15, 0.2) is 0 Å². The zero-order chi connectivity index (χ0) is 11.5. The molecule has 1 saturated heterocycles. The minimum absolute atomic E-state index is 0.541. The second-order valence-corrected chi connectivity index (χ2v) is 5.68. The molecular weight excluding hydrogens is 212 g/mol. The first-order valence-electron chi connectivity index (χ1n) is 5.50. The van der Waals surface area contributed by atoms with Crippen molar-refractivity contribution in [2.75, 3.05) is 11.5 Å². The fraction of sp³-hybridized carbons (Fsp3) is 0.909. The van der Waals surface area contributed by atoms with Crippen molar-refractivity contribution in [1.29, 1.82) is 0 Å². The van der Waals surface area contributed by atoms with Crippen LogP contribution in [0.25, 0.3) is 0 Å². The van der Waals surface area contributed by atoms with Crippen LogP contribution in [0.4, 0.5) is 0 Å². The fourth-order valence-corrected chi connectivity index (χ4v) is 3.55. The molecule has 0 amide bonds. The Hall–Kier alpha value is -0.220. The molecule has 2 atom stereocenters. The Morgan fingerprint density at radius 3 is 2.67 bits per heavy atom. The lowest BCUT2D eigenvalue weighted by Crippen LogP contribution is -2.54. The van der Waals surface area contributed by atoms with Crippen molar-refractivity contribution in [2.24, 2.45) is 5.41 Å². The van der Waals surface area contributed by atoms with E-state index in [4.69, 9.17) is 0 Å². The van der Waals surface area contributed by atoms with Crippen LogP contribution in [0.3, 0.4) is 0 Å². The third kappa shape index (κ3) is 2.31. The fourth-order valence-electron chi connectivity index (χ4n) is 2.25. The van der Waals surface area contributed by atoms with Gasteiger partial charge >= 0.3 is 5.97 Å². The maximum Gasteiger partial charge on any atom is 0.312 e. The van der Waals surface area contributed by atoms with Crippen molar-refractivity contribution in [3.8, 4) is 0 Å².